The van der Waals surface area contributed by atoms with E-state index in [0.717, 1.165) is 0 Å². The van der Waals surface area contributed by atoms with Gasteiger partial charge in [-0.25, -0.2) is 8.42 Å². The molecule has 0 spiro atoms. The van der Waals surface area contributed by atoms with Crippen LogP contribution < -0.4 is 0 Å². The summed E-state index contributed by atoms with van der Waals surface area (Å²) in [5.41, 5.74) is 0. The van der Waals surface area contributed by atoms with Crippen LogP contribution in [0.5, 0.6) is 0 Å². The van der Waals surface area contributed by atoms with E-state index in [1.807, 2.05) is 0 Å². The van der Waals surface area contributed by atoms with Crippen molar-refractivity contribution < 1.29 is 13.5 Å². The van der Waals surface area contributed by atoms with Gasteiger partial charge in [-0.15, -0.1) is 0 Å². The number of aliphatic hydroxyl groups is 1. The minimum Gasteiger partial charge on any atom is -0.395 e. The molecule has 0 heterocycles. The average Bonchev–Trinajstić information content (AvgIpc) is 2.64. The summed E-state index contributed by atoms with van der Waals surface area (Å²) < 4.78 is 22.1. The lowest BCUT2D eigenvalue weighted by molar-refractivity contribution is 0.282. The second-order valence-electron chi connectivity index (χ2n) is 4.46. The summed E-state index contributed by atoms with van der Waals surface area (Å²) >= 11 is 0. The van der Waals surface area contributed by atoms with Crippen LogP contribution in [0.15, 0.2) is 0 Å². The van der Waals surface area contributed by atoms with Crippen molar-refractivity contribution in [1.82, 2.24) is 0 Å². The van der Waals surface area contributed by atoms with E-state index >= 15 is 0 Å². The van der Waals surface area contributed by atoms with Crippen LogP contribution in [0, 0.1) is 0 Å². The number of rotatable bonds is 2. The molecular formula is C8H16O3S. The first-order valence-corrected chi connectivity index (χ1v) is 5.60. The summed E-state index contributed by atoms with van der Waals surface area (Å²) in [6.45, 7) is 4.81. The van der Waals surface area contributed by atoms with Gasteiger partial charge in [0.05, 0.1) is 16.1 Å². The van der Waals surface area contributed by atoms with Crippen LogP contribution in [0.3, 0.4) is 0 Å². The lowest BCUT2D eigenvalue weighted by Crippen LogP contribution is -2.40. The fourth-order valence-electron chi connectivity index (χ4n) is 1.30. The van der Waals surface area contributed by atoms with Crippen LogP contribution in [-0.2, 0) is 9.84 Å². The molecule has 1 aliphatic carbocycles. The average molecular weight is 192 g/mol. The molecule has 3 nitrogen and oxygen atoms in total. The summed E-state index contributed by atoms with van der Waals surface area (Å²) in [6.07, 6.45) is 1.23. The molecule has 1 saturated carbocycles. The number of aliphatic hydroxyl groups excluding tert-OH is 1. The van der Waals surface area contributed by atoms with E-state index in [0.29, 0.717) is 12.8 Å². The number of hydrogen-bond acceptors (Lipinski definition) is 3. The first kappa shape index (κ1) is 9.99. The molecule has 0 atom stereocenters. The SMILES string of the molecule is CC(C)(C)S(=O)(=O)C1(CO)CC1. The predicted octanol–water partition coefficient (Wildman–Crippen LogP) is 0.725. The first-order chi connectivity index (χ1) is 5.27. The highest BCUT2D eigenvalue weighted by molar-refractivity contribution is 7.94. The third-order valence-corrected chi connectivity index (χ3v) is 5.76. The zero-order valence-corrected chi connectivity index (χ0v) is 8.61. The molecule has 1 N–H and O–H groups in total. The van der Waals surface area contributed by atoms with Gasteiger partial charge in [-0.1, -0.05) is 0 Å². The molecule has 0 aromatic carbocycles. The molecule has 0 aliphatic heterocycles. The van der Waals surface area contributed by atoms with Crippen molar-refractivity contribution in [3.05, 3.63) is 0 Å². The highest BCUT2D eigenvalue weighted by Crippen LogP contribution is 2.47. The fourth-order valence-corrected chi connectivity index (χ4v) is 3.41. The first-order valence-electron chi connectivity index (χ1n) is 4.12. The Morgan fingerprint density at radius 1 is 1.33 bits per heavy atom. The van der Waals surface area contributed by atoms with Gasteiger partial charge in [0.1, 0.15) is 0 Å². The van der Waals surface area contributed by atoms with Crippen LogP contribution in [0.4, 0.5) is 0 Å². The van der Waals surface area contributed by atoms with Crippen molar-refractivity contribution in [2.75, 3.05) is 6.61 Å². The van der Waals surface area contributed by atoms with Gasteiger partial charge in [-0.2, -0.15) is 0 Å². The van der Waals surface area contributed by atoms with Crippen molar-refractivity contribution in [2.24, 2.45) is 0 Å². The molecule has 1 fully saturated rings. The zero-order valence-electron chi connectivity index (χ0n) is 7.79. The molecule has 72 valence electrons. The summed E-state index contributed by atoms with van der Waals surface area (Å²) in [5.74, 6) is 0. The van der Waals surface area contributed by atoms with E-state index in [1.54, 1.807) is 20.8 Å². The maximum atomic E-state index is 11.8. The van der Waals surface area contributed by atoms with Crippen LogP contribution in [-0.4, -0.2) is 29.6 Å². The third kappa shape index (κ3) is 1.17. The van der Waals surface area contributed by atoms with Crippen LogP contribution >= 0.6 is 0 Å². The van der Waals surface area contributed by atoms with Gasteiger partial charge in [0, 0.05) is 0 Å². The largest absolute Gasteiger partial charge is 0.395 e. The lowest BCUT2D eigenvalue weighted by atomic mass is 10.3. The minimum absolute atomic E-state index is 0.230. The molecule has 0 unspecified atom stereocenters. The van der Waals surface area contributed by atoms with E-state index in [2.05, 4.69) is 0 Å². The summed E-state index contributed by atoms with van der Waals surface area (Å²) in [7, 11) is -3.16. The summed E-state index contributed by atoms with van der Waals surface area (Å²) in [4.78, 5) is 0. The van der Waals surface area contributed by atoms with E-state index in [1.165, 1.54) is 0 Å². The third-order valence-electron chi connectivity index (χ3n) is 2.47. The topological polar surface area (TPSA) is 54.4 Å². The predicted molar refractivity (Wildman–Crippen MR) is 47.7 cm³/mol. The van der Waals surface area contributed by atoms with E-state index < -0.39 is 19.3 Å². The van der Waals surface area contributed by atoms with Gasteiger partial charge in [0.2, 0.25) is 0 Å². The van der Waals surface area contributed by atoms with Gasteiger partial charge < -0.3 is 5.11 Å². The highest BCUT2D eigenvalue weighted by atomic mass is 32.2. The molecule has 1 aliphatic rings. The Hall–Kier alpha value is -0.0900. The Morgan fingerprint density at radius 3 is 1.83 bits per heavy atom. The molecule has 1 rings (SSSR count). The van der Waals surface area contributed by atoms with Crippen molar-refractivity contribution in [1.29, 1.82) is 0 Å². The number of sulfone groups is 1. The van der Waals surface area contributed by atoms with Crippen molar-refractivity contribution in [2.45, 2.75) is 43.1 Å². The number of hydrogen-bond donors (Lipinski definition) is 1. The molecule has 0 aromatic heterocycles. The Balaban J connectivity index is 3.03. The standard InChI is InChI=1S/C8H16O3S/c1-7(2,3)12(10,11)8(6-9)4-5-8/h9H,4-6H2,1-3H3. The smallest absolute Gasteiger partial charge is 0.163 e. The lowest BCUT2D eigenvalue weighted by Gasteiger charge is -2.25. The zero-order chi connectivity index (χ0) is 9.62. The van der Waals surface area contributed by atoms with Crippen molar-refractivity contribution in [3.63, 3.8) is 0 Å². The quantitative estimate of drug-likeness (QED) is 0.701. The van der Waals surface area contributed by atoms with Crippen molar-refractivity contribution in [3.8, 4) is 0 Å². The molecule has 12 heavy (non-hydrogen) atoms. The van der Waals surface area contributed by atoms with Crippen LogP contribution in [0.1, 0.15) is 33.6 Å². The fraction of sp³-hybridized carbons (Fsp3) is 1.00. The Labute approximate surface area is 73.7 Å². The van der Waals surface area contributed by atoms with Crippen molar-refractivity contribution >= 4 is 9.84 Å². The summed E-state index contributed by atoms with van der Waals surface area (Å²) in [5, 5.41) is 8.98. The minimum atomic E-state index is -3.16. The molecule has 0 radical (unpaired) electrons. The molecule has 0 aromatic rings. The van der Waals surface area contributed by atoms with Crippen LogP contribution in [0.2, 0.25) is 0 Å². The molecule has 4 heteroatoms. The van der Waals surface area contributed by atoms with E-state index in [-0.39, 0.29) is 6.61 Å². The Bertz CT molecular complexity index is 267. The monoisotopic (exact) mass is 192 g/mol. The van der Waals surface area contributed by atoms with Gasteiger partial charge in [-0.3, -0.25) is 0 Å². The van der Waals surface area contributed by atoms with Gasteiger partial charge in [0.15, 0.2) is 9.84 Å². The van der Waals surface area contributed by atoms with Gasteiger partial charge in [0.25, 0.3) is 0 Å². The summed E-state index contributed by atoms with van der Waals surface area (Å²) in [6, 6.07) is 0. The second kappa shape index (κ2) is 2.45. The Kier molecular flexibility index (Phi) is 2.04. The molecule has 0 amide bonds. The molecular weight excluding hydrogens is 176 g/mol. The maximum absolute atomic E-state index is 11.8. The van der Waals surface area contributed by atoms with Crippen LogP contribution in [0.25, 0.3) is 0 Å². The highest BCUT2D eigenvalue weighted by Gasteiger charge is 2.57. The second-order valence-corrected chi connectivity index (χ2v) is 7.55. The van der Waals surface area contributed by atoms with E-state index in [9.17, 15) is 8.42 Å². The molecule has 0 bridgehead atoms. The van der Waals surface area contributed by atoms with Gasteiger partial charge >= 0.3 is 0 Å². The normalized spacial score (nSPS) is 22.3. The Morgan fingerprint density at radius 2 is 1.75 bits per heavy atom. The van der Waals surface area contributed by atoms with E-state index in [4.69, 9.17) is 5.11 Å². The van der Waals surface area contributed by atoms with Gasteiger partial charge in [-0.05, 0) is 33.6 Å². The molecule has 0 saturated heterocycles. The maximum Gasteiger partial charge on any atom is 0.163 e.